The van der Waals surface area contributed by atoms with Crippen molar-refractivity contribution in [2.24, 2.45) is 0 Å². The SMILES string of the molecule is CC(=O)Nc1ccc(C(=O)N2CCNC(C)C2C)cc1. The van der Waals surface area contributed by atoms with Crippen LogP contribution >= 0.6 is 0 Å². The molecule has 1 saturated heterocycles. The van der Waals surface area contributed by atoms with Crippen LogP contribution in [0.25, 0.3) is 0 Å². The Balaban J connectivity index is 2.10. The van der Waals surface area contributed by atoms with Gasteiger partial charge >= 0.3 is 0 Å². The van der Waals surface area contributed by atoms with E-state index in [0.29, 0.717) is 17.3 Å². The van der Waals surface area contributed by atoms with Crippen LogP contribution in [0.1, 0.15) is 31.1 Å². The van der Waals surface area contributed by atoms with Crippen LogP contribution in [0.15, 0.2) is 24.3 Å². The topological polar surface area (TPSA) is 61.4 Å². The molecule has 2 unspecified atom stereocenters. The van der Waals surface area contributed by atoms with Crippen molar-refractivity contribution in [1.82, 2.24) is 10.2 Å². The van der Waals surface area contributed by atoms with Crippen LogP contribution in [0.3, 0.4) is 0 Å². The third kappa shape index (κ3) is 3.17. The fraction of sp³-hybridized carbons (Fsp3) is 0.467. The van der Waals surface area contributed by atoms with Gasteiger partial charge in [0.1, 0.15) is 0 Å². The maximum Gasteiger partial charge on any atom is 0.254 e. The van der Waals surface area contributed by atoms with E-state index in [1.54, 1.807) is 24.3 Å². The summed E-state index contributed by atoms with van der Waals surface area (Å²) in [4.78, 5) is 25.4. The number of carbonyl (C=O) groups excluding carboxylic acids is 2. The first-order valence-electron chi connectivity index (χ1n) is 6.91. The normalized spacial score (nSPS) is 22.4. The van der Waals surface area contributed by atoms with Crippen LogP contribution < -0.4 is 10.6 Å². The zero-order valence-electron chi connectivity index (χ0n) is 12.1. The number of hydrogen-bond donors (Lipinski definition) is 2. The lowest BCUT2D eigenvalue weighted by Gasteiger charge is -2.38. The predicted octanol–water partition coefficient (Wildman–Crippen LogP) is 1.47. The summed E-state index contributed by atoms with van der Waals surface area (Å²) in [5.74, 6) is -0.0751. The highest BCUT2D eigenvalue weighted by Crippen LogP contribution is 2.16. The van der Waals surface area contributed by atoms with Crippen LogP contribution in [0.4, 0.5) is 5.69 Å². The highest BCUT2D eigenvalue weighted by Gasteiger charge is 2.28. The van der Waals surface area contributed by atoms with Crippen molar-refractivity contribution in [3.8, 4) is 0 Å². The van der Waals surface area contributed by atoms with E-state index in [-0.39, 0.29) is 17.9 Å². The van der Waals surface area contributed by atoms with Crippen molar-refractivity contribution < 1.29 is 9.59 Å². The van der Waals surface area contributed by atoms with E-state index in [2.05, 4.69) is 24.5 Å². The van der Waals surface area contributed by atoms with Crippen LogP contribution in [0.2, 0.25) is 0 Å². The number of rotatable bonds is 2. The number of hydrogen-bond acceptors (Lipinski definition) is 3. The van der Waals surface area contributed by atoms with Gasteiger partial charge in [0.05, 0.1) is 0 Å². The first-order chi connectivity index (χ1) is 9.49. The molecule has 2 N–H and O–H groups in total. The van der Waals surface area contributed by atoms with E-state index in [4.69, 9.17) is 0 Å². The van der Waals surface area contributed by atoms with E-state index in [9.17, 15) is 9.59 Å². The van der Waals surface area contributed by atoms with Crippen LogP contribution in [-0.2, 0) is 4.79 Å². The first kappa shape index (κ1) is 14.5. The second-order valence-corrected chi connectivity index (χ2v) is 5.24. The van der Waals surface area contributed by atoms with E-state index in [0.717, 1.165) is 13.1 Å². The quantitative estimate of drug-likeness (QED) is 0.859. The molecule has 108 valence electrons. The van der Waals surface area contributed by atoms with Gasteiger partial charge in [0.2, 0.25) is 5.91 Å². The fourth-order valence-electron chi connectivity index (χ4n) is 2.41. The zero-order chi connectivity index (χ0) is 14.7. The lowest BCUT2D eigenvalue weighted by Crippen LogP contribution is -2.57. The maximum atomic E-state index is 12.5. The van der Waals surface area contributed by atoms with Crippen molar-refractivity contribution in [3.05, 3.63) is 29.8 Å². The van der Waals surface area contributed by atoms with Gasteiger partial charge in [0.15, 0.2) is 0 Å². The number of benzene rings is 1. The summed E-state index contributed by atoms with van der Waals surface area (Å²) in [6.07, 6.45) is 0. The van der Waals surface area contributed by atoms with Crippen LogP contribution in [-0.4, -0.2) is 41.9 Å². The van der Waals surface area contributed by atoms with Gasteiger partial charge in [-0.25, -0.2) is 0 Å². The summed E-state index contributed by atoms with van der Waals surface area (Å²) >= 11 is 0. The van der Waals surface area contributed by atoms with E-state index in [1.165, 1.54) is 6.92 Å². The largest absolute Gasteiger partial charge is 0.333 e. The number of nitrogens with zero attached hydrogens (tertiary/aromatic N) is 1. The Morgan fingerprint density at radius 3 is 2.50 bits per heavy atom. The zero-order valence-corrected chi connectivity index (χ0v) is 12.1. The molecule has 20 heavy (non-hydrogen) atoms. The Bertz CT molecular complexity index is 498. The van der Waals surface area contributed by atoms with Gasteiger partial charge in [-0.05, 0) is 38.1 Å². The minimum absolute atomic E-state index is 0.0419. The van der Waals surface area contributed by atoms with Gasteiger partial charge in [0, 0.05) is 43.3 Å². The molecule has 5 nitrogen and oxygen atoms in total. The molecule has 2 atom stereocenters. The van der Waals surface area contributed by atoms with Gasteiger partial charge in [-0.3, -0.25) is 9.59 Å². The highest BCUT2D eigenvalue weighted by atomic mass is 16.2. The second-order valence-electron chi connectivity index (χ2n) is 5.24. The molecule has 0 aromatic heterocycles. The smallest absolute Gasteiger partial charge is 0.254 e. The van der Waals surface area contributed by atoms with Crippen molar-refractivity contribution in [2.45, 2.75) is 32.9 Å². The fourth-order valence-corrected chi connectivity index (χ4v) is 2.41. The molecule has 1 aromatic carbocycles. The standard InChI is InChI=1S/C15H21N3O2/c1-10-11(2)18(9-8-16-10)15(20)13-4-6-14(7-5-13)17-12(3)19/h4-7,10-11,16H,8-9H2,1-3H3,(H,17,19). The van der Waals surface area contributed by atoms with Crippen molar-refractivity contribution in [2.75, 3.05) is 18.4 Å². The summed E-state index contributed by atoms with van der Waals surface area (Å²) in [6, 6.07) is 7.49. The molecule has 1 aromatic rings. The monoisotopic (exact) mass is 275 g/mol. The molecular weight excluding hydrogens is 254 g/mol. The molecule has 0 aliphatic carbocycles. The molecule has 2 amide bonds. The summed E-state index contributed by atoms with van der Waals surface area (Å²) in [5.41, 5.74) is 1.36. The second kappa shape index (κ2) is 6.05. The first-order valence-corrected chi connectivity index (χ1v) is 6.91. The van der Waals surface area contributed by atoms with Gasteiger partial charge in [0.25, 0.3) is 5.91 Å². The lowest BCUT2D eigenvalue weighted by atomic mass is 10.1. The van der Waals surface area contributed by atoms with Crippen molar-refractivity contribution >= 4 is 17.5 Å². The highest BCUT2D eigenvalue weighted by molar-refractivity contribution is 5.95. The Kier molecular flexibility index (Phi) is 4.39. The summed E-state index contributed by atoms with van der Waals surface area (Å²) in [5, 5.41) is 6.05. The molecule has 0 saturated carbocycles. The van der Waals surface area contributed by atoms with E-state index >= 15 is 0 Å². The molecule has 2 rings (SSSR count). The Morgan fingerprint density at radius 1 is 1.25 bits per heavy atom. The minimum Gasteiger partial charge on any atom is -0.333 e. The van der Waals surface area contributed by atoms with Crippen molar-refractivity contribution in [3.63, 3.8) is 0 Å². The molecule has 5 heteroatoms. The van der Waals surface area contributed by atoms with Gasteiger partial charge in [-0.15, -0.1) is 0 Å². The molecule has 1 heterocycles. The van der Waals surface area contributed by atoms with Gasteiger partial charge in [-0.2, -0.15) is 0 Å². The van der Waals surface area contributed by atoms with Crippen molar-refractivity contribution in [1.29, 1.82) is 0 Å². The number of piperazine rings is 1. The van der Waals surface area contributed by atoms with Crippen LogP contribution in [0.5, 0.6) is 0 Å². The molecule has 0 bridgehead atoms. The molecule has 1 aliphatic heterocycles. The Morgan fingerprint density at radius 2 is 1.90 bits per heavy atom. The third-order valence-corrected chi connectivity index (χ3v) is 3.75. The molecular formula is C15H21N3O2. The molecule has 0 radical (unpaired) electrons. The average molecular weight is 275 g/mol. The number of carbonyl (C=O) groups is 2. The van der Waals surface area contributed by atoms with E-state index in [1.807, 2.05) is 4.90 Å². The van der Waals surface area contributed by atoms with Gasteiger partial charge in [-0.1, -0.05) is 0 Å². The predicted molar refractivity (Wildman–Crippen MR) is 78.7 cm³/mol. The summed E-state index contributed by atoms with van der Waals surface area (Å²) in [7, 11) is 0. The number of nitrogens with one attached hydrogen (secondary N) is 2. The van der Waals surface area contributed by atoms with Gasteiger partial charge < -0.3 is 15.5 Å². The number of amides is 2. The average Bonchev–Trinajstić information content (AvgIpc) is 2.41. The Hall–Kier alpha value is -1.88. The molecule has 1 fully saturated rings. The minimum atomic E-state index is -0.117. The Labute approximate surface area is 119 Å². The third-order valence-electron chi connectivity index (χ3n) is 3.75. The van der Waals surface area contributed by atoms with E-state index < -0.39 is 0 Å². The summed E-state index contributed by atoms with van der Waals surface area (Å²) < 4.78 is 0. The lowest BCUT2D eigenvalue weighted by molar-refractivity contribution is -0.114. The maximum absolute atomic E-state index is 12.5. The molecule has 0 spiro atoms. The van der Waals surface area contributed by atoms with Crippen LogP contribution in [0, 0.1) is 0 Å². The molecule has 1 aliphatic rings. The number of anilines is 1. The summed E-state index contributed by atoms with van der Waals surface area (Å²) in [6.45, 7) is 7.15.